The van der Waals surface area contributed by atoms with Crippen LogP contribution >= 0.6 is 0 Å². The Morgan fingerprint density at radius 1 is 0.262 bits per heavy atom. The second-order valence-electron chi connectivity index (χ2n) is 20.9. The summed E-state index contributed by atoms with van der Waals surface area (Å²) >= 11 is 0. The number of benzene rings is 4. The number of amides is 4. The number of hydrogen-bond donors (Lipinski definition) is 0. The van der Waals surface area contributed by atoms with Crippen LogP contribution in [0, 0.1) is 0 Å². The van der Waals surface area contributed by atoms with Gasteiger partial charge in [-0.25, -0.2) is 0 Å². The maximum absolute atomic E-state index is 11.9. The lowest BCUT2D eigenvalue weighted by molar-refractivity contribution is -0.127. The van der Waals surface area contributed by atoms with Crippen molar-refractivity contribution in [2.24, 2.45) is 0 Å². The van der Waals surface area contributed by atoms with Gasteiger partial charge < -0.3 is 57.5 Å². The molecule has 16 heteroatoms. The van der Waals surface area contributed by atoms with Crippen LogP contribution in [-0.2, 0) is 19.2 Å². The van der Waals surface area contributed by atoms with Crippen LogP contribution < -0.4 is 37.9 Å². The first-order valence-electron chi connectivity index (χ1n) is 29.4. The minimum Gasteiger partial charge on any atom is -0.454 e. The quantitative estimate of drug-likeness (QED) is 0.0979. The summed E-state index contributed by atoms with van der Waals surface area (Å²) < 4.78 is 42.4. The summed E-state index contributed by atoms with van der Waals surface area (Å²) in [5.41, 5.74) is 4.09. The van der Waals surface area contributed by atoms with Crippen molar-refractivity contribution in [2.45, 2.75) is 77.0 Å². The van der Waals surface area contributed by atoms with Crippen molar-refractivity contribution in [2.75, 3.05) is 79.5 Å². The predicted octanol–water partition coefficient (Wildman–Crippen LogP) is 12.0. The zero-order valence-corrected chi connectivity index (χ0v) is 47.8. The number of carbonyl (C=O) groups is 4. The van der Waals surface area contributed by atoms with E-state index in [1.165, 1.54) is 25.7 Å². The summed E-state index contributed by atoms with van der Waals surface area (Å²) in [4.78, 5) is 55.4. The molecule has 0 aromatic heterocycles. The molecular formula is C68H76N4O12. The average Bonchev–Trinajstić information content (AvgIpc) is 4.49. The third kappa shape index (κ3) is 18.5. The molecule has 8 aliphatic rings. The van der Waals surface area contributed by atoms with E-state index < -0.39 is 0 Å². The van der Waals surface area contributed by atoms with E-state index in [1.807, 2.05) is 141 Å². The average molecular weight is 1140 g/mol. The van der Waals surface area contributed by atoms with Gasteiger partial charge in [-0.2, -0.15) is 0 Å². The van der Waals surface area contributed by atoms with Gasteiger partial charge in [-0.05, 0) is 148 Å². The molecule has 4 saturated heterocycles. The Kier molecular flexibility index (Phi) is 22.8. The van der Waals surface area contributed by atoms with Crippen molar-refractivity contribution in [3.8, 4) is 46.0 Å². The second-order valence-corrected chi connectivity index (χ2v) is 20.9. The van der Waals surface area contributed by atoms with E-state index in [4.69, 9.17) is 37.9 Å². The summed E-state index contributed by atoms with van der Waals surface area (Å²) in [5.74, 6) is 6.61. The second kappa shape index (κ2) is 32.1. The minimum atomic E-state index is 0.102. The Morgan fingerprint density at radius 3 is 0.679 bits per heavy atom. The zero-order chi connectivity index (χ0) is 58.0. The first kappa shape index (κ1) is 59.7. The highest BCUT2D eigenvalue weighted by atomic mass is 16.7. The number of carbonyl (C=O) groups excluding carboxylic acids is 4. The molecule has 8 heterocycles. The van der Waals surface area contributed by atoms with Gasteiger partial charge in [0, 0.05) is 76.7 Å². The molecule has 4 aromatic carbocycles. The molecule has 12 rings (SSSR count). The number of ether oxygens (including phenoxy) is 8. The summed E-state index contributed by atoms with van der Waals surface area (Å²) in [6, 6.07) is 23.1. The van der Waals surface area contributed by atoms with Crippen molar-refractivity contribution in [3.63, 3.8) is 0 Å². The molecule has 0 spiro atoms. The van der Waals surface area contributed by atoms with Gasteiger partial charge >= 0.3 is 0 Å². The van der Waals surface area contributed by atoms with Crippen molar-refractivity contribution in [1.29, 1.82) is 0 Å². The van der Waals surface area contributed by atoms with E-state index in [2.05, 4.69) is 0 Å². The molecule has 0 aliphatic carbocycles. The Labute approximate surface area is 493 Å². The van der Waals surface area contributed by atoms with E-state index >= 15 is 0 Å². The van der Waals surface area contributed by atoms with Gasteiger partial charge in [0.05, 0.1) is 0 Å². The Morgan fingerprint density at radius 2 is 0.464 bits per heavy atom. The zero-order valence-electron chi connectivity index (χ0n) is 47.8. The van der Waals surface area contributed by atoms with Crippen LogP contribution in [-0.4, -0.2) is 123 Å². The van der Waals surface area contributed by atoms with Crippen LogP contribution in [0.5, 0.6) is 46.0 Å². The van der Waals surface area contributed by atoms with Gasteiger partial charge in [-0.1, -0.05) is 97.2 Å². The minimum absolute atomic E-state index is 0.102. The van der Waals surface area contributed by atoms with Crippen LogP contribution in [0.1, 0.15) is 99.3 Å². The molecule has 4 aromatic rings. The van der Waals surface area contributed by atoms with Crippen LogP contribution in [0.25, 0.3) is 24.3 Å². The highest BCUT2D eigenvalue weighted by Crippen LogP contribution is 2.36. The normalized spacial score (nSPS) is 17.8. The molecule has 440 valence electrons. The molecule has 0 unspecified atom stereocenters. The summed E-state index contributed by atoms with van der Waals surface area (Å²) in [5, 5.41) is 0. The molecule has 4 fully saturated rings. The Bertz CT molecular complexity index is 2700. The highest BCUT2D eigenvalue weighted by molar-refractivity contribution is 5.89. The number of rotatable bonds is 12. The molecule has 0 N–H and O–H groups in total. The number of piperidine rings is 4. The number of allylic oxidation sites excluding steroid dienone is 8. The third-order valence-electron chi connectivity index (χ3n) is 14.8. The van der Waals surface area contributed by atoms with Gasteiger partial charge in [-0.3, -0.25) is 19.2 Å². The predicted molar refractivity (Wildman–Crippen MR) is 325 cm³/mol. The SMILES string of the molecule is O=C(/C=C/C=C/c1ccc2c(c1)OCO2)N1CCCCC1.O=C(/C=C/C=C/c1ccc2c(c1)OCO2)N1CCCCC1.O=C(/C=C/C=C/c1ccc2c(c1)OCO2)N1CCCCC1.O=C(/C=C/C=C/c1ccc2c(c1)OCO2)N1CCCCC1. The van der Waals surface area contributed by atoms with E-state index in [0.29, 0.717) is 0 Å². The topological polar surface area (TPSA) is 155 Å². The molecule has 0 bridgehead atoms. The fourth-order valence-corrected chi connectivity index (χ4v) is 10.2. The monoisotopic (exact) mass is 1140 g/mol. The van der Waals surface area contributed by atoms with E-state index in [1.54, 1.807) is 48.6 Å². The lowest BCUT2D eigenvalue weighted by Crippen LogP contribution is -2.34. The Hall–Kier alpha value is -8.92. The first-order valence-corrected chi connectivity index (χ1v) is 29.4. The lowest BCUT2D eigenvalue weighted by Gasteiger charge is -2.25. The smallest absolute Gasteiger partial charge is 0.246 e. The molecule has 8 aliphatic heterocycles. The lowest BCUT2D eigenvalue weighted by atomic mass is 10.1. The molecule has 0 atom stereocenters. The first-order chi connectivity index (χ1) is 41.3. The van der Waals surface area contributed by atoms with Crippen molar-refractivity contribution in [1.82, 2.24) is 19.6 Å². The molecule has 84 heavy (non-hydrogen) atoms. The molecule has 16 nitrogen and oxygen atoms in total. The van der Waals surface area contributed by atoms with Crippen LogP contribution in [0.15, 0.2) is 146 Å². The number of hydrogen-bond acceptors (Lipinski definition) is 12. The van der Waals surface area contributed by atoms with Crippen LogP contribution in [0.4, 0.5) is 0 Å². The third-order valence-corrected chi connectivity index (χ3v) is 14.8. The maximum atomic E-state index is 11.9. The summed E-state index contributed by atoms with van der Waals surface area (Å²) in [6.45, 7) is 8.21. The Balaban J connectivity index is 0.000000134. The van der Waals surface area contributed by atoms with Crippen LogP contribution in [0.2, 0.25) is 0 Å². The fourth-order valence-electron chi connectivity index (χ4n) is 10.2. The van der Waals surface area contributed by atoms with Gasteiger partial charge in [0.2, 0.25) is 50.8 Å². The van der Waals surface area contributed by atoms with Crippen molar-refractivity contribution in [3.05, 3.63) is 168 Å². The van der Waals surface area contributed by atoms with Gasteiger partial charge in [0.25, 0.3) is 0 Å². The largest absolute Gasteiger partial charge is 0.454 e. The standard InChI is InChI=1S/4C17H19NO3/c4*19-17(18-10-4-1-5-11-18)7-3-2-6-14-8-9-15-16(12-14)21-13-20-15/h4*2-3,6-9,12H,1,4-5,10-11,13H2/b4*6-2+,7-3+. The van der Waals surface area contributed by atoms with Gasteiger partial charge in [0.1, 0.15) is 0 Å². The number of fused-ring (bicyclic) bond motifs is 4. The number of nitrogens with zero attached hydrogens (tertiary/aromatic N) is 4. The van der Waals surface area contributed by atoms with E-state index in [-0.39, 0.29) is 50.8 Å². The fraction of sp³-hybridized carbons (Fsp3) is 0.353. The van der Waals surface area contributed by atoms with Gasteiger partial charge in [0.15, 0.2) is 46.0 Å². The van der Waals surface area contributed by atoms with E-state index in [0.717, 1.165) is 172 Å². The summed E-state index contributed by atoms with van der Waals surface area (Å²) in [6.07, 6.45) is 42.9. The molecule has 4 amide bonds. The maximum Gasteiger partial charge on any atom is 0.246 e. The van der Waals surface area contributed by atoms with E-state index in [9.17, 15) is 19.2 Å². The molecular weight excluding hydrogens is 1060 g/mol. The number of likely N-dealkylation sites (tertiary alicyclic amines) is 4. The van der Waals surface area contributed by atoms with Crippen molar-refractivity contribution < 1.29 is 57.1 Å². The van der Waals surface area contributed by atoms with Crippen molar-refractivity contribution >= 4 is 47.9 Å². The molecule has 0 radical (unpaired) electrons. The highest BCUT2D eigenvalue weighted by Gasteiger charge is 2.19. The van der Waals surface area contributed by atoms with Crippen LogP contribution in [0.3, 0.4) is 0 Å². The molecule has 0 saturated carbocycles. The summed E-state index contributed by atoms with van der Waals surface area (Å²) in [7, 11) is 0. The van der Waals surface area contributed by atoms with Gasteiger partial charge in [-0.15, -0.1) is 0 Å².